The third-order valence-electron chi connectivity index (χ3n) is 3.78. The topological polar surface area (TPSA) is 96.6 Å². The highest BCUT2D eigenvalue weighted by Crippen LogP contribution is 2.15. The van der Waals surface area contributed by atoms with Crippen LogP contribution >= 0.6 is 0 Å². The van der Waals surface area contributed by atoms with E-state index in [0.717, 1.165) is 0 Å². The number of hydrogen-bond acceptors (Lipinski definition) is 5. The van der Waals surface area contributed by atoms with Crippen LogP contribution in [-0.4, -0.2) is 27.0 Å². The lowest BCUT2D eigenvalue weighted by molar-refractivity contribution is 0.0949. The Hall–Kier alpha value is -3.48. The molecule has 0 spiro atoms. The molecule has 7 heteroatoms. The summed E-state index contributed by atoms with van der Waals surface area (Å²) in [5.74, 6) is -0.413. The molecule has 0 bridgehead atoms. The highest BCUT2D eigenvalue weighted by Gasteiger charge is 2.17. The summed E-state index contributed by atoms with van der Waals surface area (Å²) in [5.41, 5.74) is 2.94. The van der Waals surface area contributed by atoms with Gasteiger partial charge in [-0.3, -0.25) is 9.59 Å². The van der Waals surface area contributed by atoms with Gasteiger partial charge in [-0.05, 0) is 37.6 Å². The van der Waals surface area contributed by atoms with E-state index in [1.165, 1.54) is 17.0 Å². The lowest BCUT2D eigenvalue weighted by Crippen LogP contribution is -2.30. The molecule has 0 saturated carbocycles. The van der Waals surface area contributed by atoms with E-state index in [4.69, 9.17) is 0 Å². The maximum atomic E-state index is 12.5. The summed E-state index contributed by atoms with van der Waals surface area (Å²) in [5, 5.41) is 18.5. The van der Waals surface area contributed by atoms with Gasteiger partial charge in [-0.15, -0.1) is 0 Å². The maximum Gasteiger partial charge on any atom is 0.292 e. The van der Waals surface area contributed by atoms with E-state index in [1.54, 1.807) is 42.5 Å². The SMILES string of the molecule is CC(C)n1nc(C(=O)N/N=C\c2cccc(O)c2)c2ccccc2c1=O. The van der Waals surface area contributed by atoms with Crippen molar-refractivity contribution in [2.45, 2.75) is 19.9 Å². The van der Waals surface area contributed by atoms with Crippen LogP contribution in [0.4, 0.5) is 0 Å². The second kappa shape index (κ2) is 7.18. The Bertz CT molecular complexity index is 1050. The predicted molar refractivity (Wildman–Crippen MR) is 99.6 cm³/mol. The summed E-state index contributed by atoms with van der Waals surface area (Å²) in [4.78, 5) is 25.0. The second-order valence-electron chi connectivity index (χ2n) is 6.03. The molecule has 2 N–H and O–H groups in total. The summed E-state index contributed by atoms with van der Waals surface area (Å²) in [6.45, 7) is 3.65. The van der Waals surface area contributed by atoms with Gasteiger partial charge >= 0.3 is 0 Å². The van der Waals surface area contributed by atoms with Crippen LogP contribution in [0.5, 0.6) is 5.75 Å². The molecule has 132 valence electrons. The van der Waals surface area contributed by atoms with Crippen LogP contribution in [0.3, 0.4) is 0 Å². The lowest BCUT2D eigenvalue weighted by Gasteiger charge is -2.12. The molecule has 7 nitrogen and oxygen atoms in total. The maximum absolute atomic E-state index is 12.5. The van der Waals surface area contributed by atoms with Gasteiger partial charge in [0, 0.05) is 5.39 Å². The van der Waals surface area contributed by atoms with Gasteiger partial charge in [-0.2, -0.15) is 10.2 Å². The van der Waals surface area contributed by atoms with Gasteiger partial charge in [0.2, 0.25) is 0 Å². The minimum Gasteiger partial charge on any atom is -0.508 e. The number of phenolic OH excluding ortho intramolecular Hbond substituents is 1. The highest BCUT2D eigenvalue weighted by atomic mass is 16.3. The van der Waals surface area contributed by atoms with Crippen LogP contribution in [0.15, 0.2) is 58.4 Å². The van der Waals surface area contributed by atoms with Gasteiger partial charge < -0.3 is 5.11 Å². The Morgan fingerprint density at radius 1 is 1.19 bits per heavy atom. The van der Waals surface area contributed by atoms with E-state index in [0.29, 0.717) is 16.3 Å². The number of amides is 1. The summed E-state index contributed by atoms with van der Waals surface area (Å²) < 4.78 is 1.29. The first-order valence-corrected chi connectivity index (χ1v) is 8.11. The van der Waals surface area contributed by atoms with Gasteiger partial charge in [-0.25, -0.2) is 10.1 Å². The molecule has 0 fully saturated rings. The van der Waals surface area contributed by atoms with Crippen LogP contribution < -0.4 is 11.0 Å². The molecule has 26 heavy (non-hydrogen) atoms. The number of fused-ring (bicyclic) bond motifs is 1. The first kappa shape index (κ1) is 17.3. The number of benzene rings is 2. The van der Waals surface area contributed by atoms with Gasteiger partial charge in [0.25, 0.3) is 11.5 Å². The molecular formula is C19H18N4O3. The molecule has 0 saturated heterocycles. The lowest BCUT2D eigenvalue weighted by atomic mass is 10.1. The van der Waals surface area contributed by atoms with Gasteiger partial charge in [0.15, 0.2) is 5.69 Å². The average molecular weight is 350 g/mol. The Labute approximate surface area is 149 Å². The van der Waals surface area contributed by atoms with E-state index < -0.39 is 5.91 Å². The smallest absolute Gasteiger partial charge is 0.292 e. The number of nitrogens with one attached hydrogen (secondary N) is 1. The average Bonchev–Trinajstić information content (AvgIpc) is 2.62. The van der Waals surface area contributed by atoms with Crippen LogP contribution in [0.1, 0.15) is 35.9 Å². The highest BCUT2D eigenvalue weighted by molar-refractivity contribution is 6.04. The molecule has 3 rings (SSSR count). The summed E-state index contributed by atoms with van der Waals surface area (Å²) in [6, 6.07) is 13.1. The molecule has 0 aliphatic rings. The third-order valence-corrected chi connectivity index (χ3v) is 3.78. The summed E-state index contributed by atoms with van der Waals surface area (Å²) >= 11 is 0. The predicted octanol–water partition coefficient (Wildman–Crippen LogP) is 2.45. The molecule has 0 radical (unpaired) electrons. The third kappa shape index (κ3) is 3.46. The first-order chi connectivity index (χ1) is 12.5. The fraction of sp³-hybridized carbons (Fsp3) is 0.158. The molecule has 1 heterocycles. The zero-order chi connectivity index (χ0) is 18.7. The van der Waals surface area contributed by atoms with Gasteiger partial charge in [-0.1, -0.05) is 30.3 Å². The minimum absolute atomic E-state index is 0.108. The number of aromatic nitrogens is 2. The number of hydrazone groups is 1. The second-order valence-corrected chi connectivity index (χ2v) is 6.03. The van der Waals surface area contributed by atoms with Crippen LogP contribution in [0.25, 0.3) is 10.8 Å². The molecule has 1 aromatic heterocycles. The summed E-state index contributed by atoms with van der Waals surface area (Å²) in [7, 11) is 0. The van der Waals surface area contributed by atoms with Crippen molar-refractivity contribution in [1.82, 2.24) is 15.2 Å². The van der Waals surface area contributed by atoms with Crippen molar-refractivity contribution in [3.8, 4) is 5.75 Å². The number of hydrogen-bond donors (Lipinski definition) is 2. The fourth-order valence-corrected chi connectivity index (χ4v) is 2.55. The van der Waals surface area contributed by atoms with Gasteiger partial charge in [0.1, 0.15) is 5.75 Å². The van der Waals surface area contributed by atoms with E-state index in [1.807, 2.05) is 13.8 Å². The zero-order valence-corrected chi connectivity index (χ0v) is 14.4. The fourth-order valence-electron chi connectivity index (χ4n) is 2.55. The van der Waals surface area contributed by atoms with Crippen LogP contribution in [-0.2, 0) is 0 Å². The molecule has 0 aliphatic heterocycles. The largest absolute Gasteiger partial charge is 0.508 e. The van der Waals surface area contributed by atoms with Crippen molar-refractivity contribution < 1.29 is 9.90 Å². The Morgan fingerprint density at radius 3 is 2.62 bits per heavy atom. The minimum atomic E-state index is -0.521. The molecule has 0 unspecified atom stereocenters. The van der Waals surface area contributed by atoms with E-state index in [2.05, 4.69) is 15.6 Å². The number of rotatable bonds is 4. The van der Waals surface area contributed by atoms with Gasteiger partial charge in [0.05, 0.1) is 17.6 Å². The Kier molecular flexibility index (Phi) is 4.79. The number of aromatic hydroxyl groups is 1. The molecule has 1 amide bonds. The molecule has 0 atom stereocenters. The normalized spacial score (nSPS) is 11.3. The van der Waals surface area contributed by atoms with Crippen molar-refractivity contribution in [3.63, 3.8) is 0 Å². The van der Waals surface area contributed by atoms with Crippen LogP contribution in [0, 0.1) is 0 Å². The number of carbonyl (C=O) groups is 1. The number of nitrogens with zero attached hydrogens (tertiary/aromatic N) is 3. The zero-order valence-electron chi connectivity index (χ0n) is 14.4. The standard InChI is InChI=1S/C19H18N4O3/c1-12(2)23-19(26)16-9-4-3-8-15(16)17(22-23)18(25)21-20-11-13-6-5-7-14(24)10-13/h3-12,24H,1-2H3,(H,21,25)/b20-11-. The van der Waals surface area contributed by atoms with Crippen LogP contribution in [0.2, 0.25) is 0 Å². The van der Waals surface area contributed by atoms with Crippen molar-refractivity contribution >= 4 is 22.9 Å². The van der Waals surface area contributed by atoms with E-state index in [-0.39, 0.29) is 23.0 Å². The van der Waals surface area contributed by atoms with Crippen molar-refractivity contribution in [2.75, 3.05) is 0 Å². The monoisotopic (exact) mass is 350 g/mol. The number of phenols is 1. The molecule has 2 aromatic carbocycles. The Morgan fingerprint density at radius 2 is 1.92 bits per heavy atom. The molecule has 0 aliphatic carbocycles. The van der Waals surface area contributed by atoms with Crippen molar-refractivity contribution in [1.29, 1.82) is 0 Å². The van der Waals surface area contributed by atoms with Crippen molar-refractivity contribution in [2.24, 2.45) is 5.10 Å². The molecule has 3 aromatic rings. The number of carbonyl (C=O) groups excluding carboxylic acids is 1. The molecular weight excluding hydrogens is 332 g/mol. The van der Waals surface area contributed by atoms with Crippen molar-refractivity contribution in [3.05, 3.63) is 70.1 Å². The van der Waals surface area contributed by atoms with E-state index >= 15 is 0 Å². The quantitative estimate of drug-likeness (QED) is 0.558. The van der Waals surface area contributed by atoms with E-state index in [9.17, 15) is 14.7 Å². The Balaban J connectivity index is 1.95. The summed E-state index contributed by atoms with van der Waals surface area (Å²) in [6.07, 6.45) is 1.41. The first-order valence-electron chi connectivity index (χ1n) is 8.11.